The van der Waals surface area contributed by atoms with Crippen LogP contribution in [0, 0.1) is 0 Å². The monoisotopic (exact) mass is 281 g/mol. The average Bonchev–Trinajstić information content (AvgIpc) is 2.41. The van der Waals surface area contributed by atoms with Crippen LogP contribution in [0.25, 0.3) is 0 Å². The van der Waals surface area contributed by atoms with E-state index in [0.29, 0.717) is 6.61 Å². The van der Waals surface area contributed by atoms with Gasteiger partial charge in [0, 0.05) is 30.3 Å². The summed E-state index contributed by atoms with van der Waals surface area (Å²) < 4.78 is 11.1. The second-order valence-corrected chi connectivity index (χ2v) is 5.86. The van der Waals surface area contributed by atoms with Crippen LogP contribution in [0.3, 0.4) is 0 Å². The molecule has 0 aromatic heterocycles. The largest absolute Gasteiger partial charge is 0.497 e. The molecule has 1 aromatic rings. The predicted octanol–water partition coefficient (Wildman–Crippen LogP) is 2.73. The molecule has 0 spiro atoms. The van der Waals surface area contributed by atoms with Crippen molar-refractivity contribution in [3.63, 3.8) is 0 Å². The Bertz CT molecular complexity index is 399. The third-order valence-corrected chi connectivity index (χ3v) is 2.89. The van der Waals surface area contributed by atoms with Gasteiger partial charge in [-0.05, 0) is 39.7 Å². The zero-order valence-corrected chi connectivity index (χ0v) is 13.0. The summed E-state index contributed by atoms with van der Waals surface area (Å²) in [6.07, 6.45) is 1.61. The number of nitrogens with one attached hydrogen (secondary N) is 1. The lowest BCUT2D eigenvalue weighted by atomic mass is 10.1. The molecule has 0 amide bonds. The third kappa shape index (κ3) is 6.26. The van der Waals surface area contributed by atoms with Gasteiger partial charge in [-0.15, -0.1) is 0 Å². The van der Waals surface area contributed by atoms with Crippen LogP contribution in [0.15, 0.2) is 18.2 Å². The number of hydrogen-bond donors (Lipinski definition) is 2. The molecule has 0 saturated heterocycles. The summed E-state index contributed by atoms with van der Waals surface area (Å²) in [6, 6.07) is 5.89. The highest BCUT2D eigenvalue weighted by Crippen LogP contribution is 2.25. The van der Waals surface area contributed by atoms with E-state index in [1.54, 1.807) is 7.11 Å². The standard InChI is InChI=1S/C16H27NO3/c1-16(2,3)17-12-13-7-8-14(19-4)11-15(13)20-10-6-5-9-18/h7-8,11,17-18H,5-6,9-10,12H2,1-4H3. The molecule has 0 fully saturated rings. The van der Waals surface area contributed by atoms with E-state index >= 15 is 0 Å². The first-order chi connectivity index (χ1) is 9.46. The highest BCUT2D eigenvalue weighted by Gasteiger charge is 2.11. The van der Waals surface area contributed by atoms with E-state index in [1.165, 1.54) is 0 Å². The van der Waals surface area contributed by atoms with Crippen molar-refractivity contribution in [2.75, 3.05) is 20.3 Å². The molecular formula is C16H27NO3. The lowest BCUT2D eigenvalue weighted by molar-refractivity contribution is 0.251. The second-order valence-electron chi connectivity index (χ2n) is 5.86. The fraction of sp³-hybridized carbons (Fsp3) is 0.625. The van der Waals surface area contributed by atoms with Crippen LogP contribution in [0.2, 0.25) is 0 Å². The number of ether oxygens (including phenoxy) is 2. The SMILES string of the molecule is COc1ccc(CNC(C)(C)C)c(OCCCCO)c1. The summed E-state index contributed by atoms with van der Waals surface area (Å²) in [4.78, 5) is 0. The second kappa shape index (κ2) is 8.12. The number of aliphatic hydroxyl groups is 1. The van der Waals surface area contributed by atoms with Crippen LogP contribution < -0.4 is 14.8 Å². The lowest BCUT2D eigenvalue weighted by Crippen LogP contribution is -2.35. The molecule has 20 heavy (non-hydrogen) atoms. The Kier molecular flexibility index (Phi) is 6.82. The first kappa shape index (κ1) is 16.8. The van der Waals surface area contributed by atoms with Crippen molar-refractivity contribution in [3.8, 4) is 11.5 Å². The van der Waals surface area contributed by atoms with Crippen molar-refractivity contribution in [1.82, 2.24) is 5.32 Å². The Morgan fingerprint density at radius 1 is 1.20 bits per heavy atom. The minimum absolute atomic E-state index is 0.0636. The van der Waals surface area contributed by atoms with Gasteiger partial charge in [-0.3, -0.25) is 0 Å². The molecular weight excluding hydrogens is 254 g/mol. The van der Waals surface area contributed by atoms with Crippen molar-refractivity contribution in [2.45, 2.75) is 45.7 Å². The molecule has 1 aromatic carbocycles. The van der Waals surface area contributed by atoms with Crippen LogP contribution in [0.1, 0.15) is 39.2 Å². The van der Waals surface area contributed by atoms with Crippen molar-refractivity contribution in [3.05, 3.63) is 23.8 Å². The van der Waals surface area contributed by atoms with Crippen LogP contribution in [-0.2, 0) is 6.54 Å². The summed E-state index contributed by atoms with van der Waals surface area (Å²) in [5, 5.41) is 12.2. The maximum atomic E-state index is 8.79. The average molecular weight is 281 g/mol. The van der Waals surface area contributed by atoms with Crippen molar-refractivity contribution >= 4 is 0 Å². The zero-order chi connectivity index (χ0) is 15.0. The van der Waals surface area contributed by atoms with E-state index < -0.39 is 0 Å². The Morgan fingerprint density at radius 3 is 2.55 bits per heavy atom. The first-order valence-electron chi connectivity index (χ1n) is 7.12. The van der Waals surface area contributed by atoms with Crippen LogP contribution in [0.5, 0.6) is 11.5 Å². The van der Waals surface area contributed by atoms with Gasteiger partial charge in [0.1, 0.15) is 11.5 Å². The molecule has 0 aliphatic rings. The predicted molar refractivity (Wildman–Crippen MR) is 81.4 cm³/mol. The maximum Gasteiger partial charge on any atom is 0.127 e. The number of rotatable bonds is 8. The van der Waals surface area contributed by atoms with Gasteiger partial charge in [0.05, 0.1) is 13.7 Å². The van der Waals surface area contributed by atoms with Crippen molar-refractivity contribution in [2.24, 2.45) is 0 Å². The molecule has 1 rings (SSSR count). The highest BCUT2D eigenvalue weighted by atomic mass is 16.5. The fourth-order valence-corrected chi connectivity index (χ4v) is 1.70. The number of unbranched alkanes of at least 4 members (excludes halogenated alkanes) is 1. The maximum absolute atomic E-state index is 8.79. The number of aliphatic hydroxyl groups excluding tert-OH is 1. The molecule has 0 heterocycles. The summed E-state index contributed by atoms with van der Waals surface area (Å²) >= 11 is 0. The van der Waals surface area contributed by atoms with E-state index in [9.17, 15) is 0 Å². The van der Waals surface area contributed by atoms with Gasteiger partial charge >= 0.3 is 0 Å². The molecule has 114 valence electrons. The summed E-state index contributed by atoms with van der Waals surface area (Å²) in [5.74, 6) is 1.64. The van der Waals surface area contributed by atoms with E-state index in [0.717, 1.165) is 36.4 Å². The van der Waals surface area contributed by atoms with E-state index in [1.807, 2.05) is 18.2 Å². The van der Waals surface area contributed by atoms with Gasteiger partial charge in [0.25, 0.3) is 0 Å². The molecule has 0 unspecified atom stereocenters. The Labute approximate surface area is 122 Å². The van der Waals surface area contributed by atoms with Crippen molar-refractivity contribution in [1.29, 1.82) is 0 Å². The Morgan fingerprint density at radius 2 is 1.95 bits per heavy atom. The summed E-state index contributed by atoms with van der Waals surface area (Å²) in [6.45, 7) is 7.98. The third-order valence-electron chi connectivity index (χ3n) is 2.89. The van der Waals surface area contributed by atoms with Crippen LogP contribution >= 0.6 is 0 Å². The summed E-state index contributed by atoms with van der Waals surface area (Å²) in [7, 11) is 1.65. The van der Waals surface area contributed by atoms with Gasteiger partial charge in [-0.1, -0.05) is 6.07 Å². The molecule has 0 radical (unpaired) electrons. The molecule has 0 bridgehead atoms. The molecule has 0 atom stereocenters. The Hall–Kier alpha value is -1.26. The van der Waals surface area contributed by atoms with Crippen LogP contribution in [-0.4, -0.2) is 31.0 Å². The van der Waals surface area contributed by atoms with E-state index in [4.69, 9.17) is 14.6 Å². The summed E-state index contributed by atoms with van der Waals surface area (Å²) in [5.41, 5.74) is 1.18. The molecule has 4 heteroatoms. The first-order valence-corrected chi connectivity index (χ1v) is 7.12. The van der Waals surface area contributed by atoms with Gasteiger partial charge in [-0.2, -0.15) is 0 Å². The number of hydrogen-bond acceptors (Lipinski definition) is 4. The Balaban J connectivity index is 2.70. The molecule has 0 saturated carbocycles. The van der Waals surface area contributed by atoms with Gasteiger partial charge in [0.15, 0.2) is 0 Å². The minimum atomic E-state index is 0.0636. The smallest absolute Gasteiger partial charge is 0.127 e. The van der Waals surface area contributed by atoms with Gasteiger partial charge < -0.3 is 19.9 Å². The quantitative estimate of drug-likeness (QED) is 0.719. The van der Waals surface area contributed by atoms with Crippen LogP contribution in [0.4, 0.5) is 0 Å². The molecule has 2 N–H and O–H groups in total. The molecule has 0 aliphatic heterocycles. The highest BCUT2D eigenvalue weighted by molar-refractivity contribution is 5.40. The minimum Gasteiger partial charge on any atom is -0.497 e. The van der Waals surface area contributed by atoms with Crippen molar-refractivity contribution < 1.29 is 14.6 Å². The topological polar surface area (TPSA) is 50.7 Å². The van der Waals surface area contributed by atoms with Gasteiger partial charge in [0.2, 0.25) is 0 Å². The number of methoxy groups -OCH3 is 1. The van der Waals surface area contributed by atoms with E-state index in [-0.39, 0.29) is 12.1 Å². The lowest BCUT2D eigenvalue weighted by Gasteiger charge is -2.22. The van der Waals surface area contributed by atoms with E-state index in [2.05, 4.69) is 26.1 Å². The molecule has 0 aliphatic carbocycles. The normalized spacial score (nSPS) is 11.4. The number of benzene rings is 1. The zero-order valence-electron chi connectivity index (χ0n) is 13.0. The fourth-order valence-electron chi connectivity index (χ4n) is 1.70. The van der Waals surface area contributed by atoms with Gasteiger partial charge in [-0.25, -0.2) is 0 Å². The molecule has 4 nitrogen and oxygen atoms in total.